The van der Waals surface area contributed by atoms with Crippen molar-refractivity contribution in [3.63, 3.8) is 0 Å². The molecule has 0 fully saturated rings. The summed E-state index contributed by atoms with van der Waals surface area (Å²) >= 11 is 3.75. The number of carbonyl (C=O) groups excluding carboxylic acids is 1. The van der Waals surface area contributed by atoms with E-state index in [-0.39, 0.29) is 5.91 Å². The van der Waals surface area contributed by atoms with Crippen molar-refractivity contribution in [2.45, 2.75) is 51.3 Å². The minimum absolute atomic E-state index is 0.263. The van der Waals surface area contributed by atoms with Crippen molar-refractivity contribution in [1.82, 2.24) is 0 Å². The van der Waals surface area contributed by atoms with Crippen LogP contribution >= 0.6 is 15.9 Å². The minimum atomic E-state index is 0.263. The van der Waals surface area contributed by atoms with Gasteiger partial charge in [0.25, 0.3) is 0 Å². The Labute approximate surface area is 130 Å². The smallest absolute Gasteiger partial charge is 0.226 e. The van der Waals surface area contributed by atoms with Crippen molar-refractivity contribution in [3.8, 4) is 0 Å². The van der Waals surface area contributed by atoms with Gasteiger partial charge in [0.05, 0.1) is 0 Å². The number of benzene rings is 1. The Morgan fingerprint density at radius 1 is 1.40 bits per heavy atom. The van der Waals surface area contributed by atoms with E-state index < -0.39 is 0 Å². The molecule has 20 heavy (non-hydrogen) atoms. The number of fused-ring (bicyclic) bond motifs is 1. The monoisotopic (exact) mass is 337 g/mol. The molecule has 0 N–H and O–H groups in total. The Morgan fingerprint density at radius 2 is 2.15 bits per heavy atom. The van der Waals surface area contributed by atoms with Crippen LogP contribution in [0.25, 0.3) is 0 Å². The quantitative estimate of drug-likeness (QED) is 0.732. The molecular weight excluding hydrogens is 314 g/mol. The lowest BCUT2D eigenvalue weighted by Gasteiger charge is -2.18. The highest BCUT2D eigenvalue weighted by Crippen LogP contribution is 2.30. The molecular formula is C17H24BrNO. The Bertz CT molecular complexity index is 484. The first kappa shape index (κ1) is 15.6. The molecule has 1 aromatic rings. The van der Waals surface area contributed by atoms with Crippen LogP contribution in [0.1, 0.15) is 44.7 Å². The van der Waals surface area contributed by atoms with Gasteiger partial charge in [-0.3, -0.25) is 4.79 Å². The van der Waals surface area contributed by atoms with E-state index in [2.05, 4.69) is 54.9 Å². The number of anilines is 1. The summed E-state index contributed by atoms with van der Waals surface area (Å²) in [5, 5.41) is 0. The van der Waals surface area contributed by atoms with Gasteiger partial charge in [-0.1, -0.05) is 48.8 Å². The summed E-state index contributed by atoms with van der Waals surface area (Å²) in [4.78, 5) is 14.5. The Morgan fingerprint density at radius 3 is 2.80 bits per heavy atom. The predicted octanol–water partition coefficient (Wildman–Crippen LogP) is 4.34. The molecule has 1 aliphatic rings. The second-order valence-electron chi connectivity index (χ2n) is 5.97. The fraction of sp³-hybridized carbons (Fsp3) is 0.588. The molecule has 1 aliphatic heterocycles. The molecule has 3 heteroatoms. The highest BCUT2D eigenvalue weighted by Gasteiger charge is 2.24. The van der Waals surface area contributed by atoms with Crippen molar-refractivity contribution in [1.29, 1.82) is 0 Å². The van der Waals surface area contributed by atoms with E-state index in [0.717, 1.165) is 31.5 Å². The summed E-state index contributed by atoms with van der Waals surface area (Å²) in [6, 6.07) is 6.59. The molecule has 0 spiro atoms. The zero-order valence-corrected chi connectivity index (χ0v) is 14.2. The molecule has 0 bridgehead atoms. The Kier molecular flexibility index (Phi) is 5.25. The number of alkyl halides is 1. The number of amides is 1. The number of hydrogen-bond donors (Lipinski definition) is 0. The van der Waals surface area contributed by atoms with Crippen LogP contribution in [-0.2, 0) is 17.6 Å². The van der Waals surface area contributed by atoms with Crippen LogP contribution in [0.15, 0.2) is 18.2 Å². The molecule has 0 aliphatic carbocycles. The van der Waals surface area contributed by atoms with Gasteiger partial charge in [0, 0.05) is 23.5 Å². The normalized spacial score (nSPS) is 15.6. The summed E-state index contributed by atoms with van der Waals surface area (Å²) < 4.78 is 0. The largest absolute Gasteiger partial charge is 0.312 e. The average molecular weight is 338 g/mol. The van der Waals surface area contributed by atoms with Crippen LogP contribution in [0, 0.1) is 5.92 Å². The zero-order chi connectivity index (χ0) is 14.7. The predicted molar refractivity (Wildman–Crippen MR) is 88.7 cm³/mol. The van der Waals surface area contributed by atoms with Gasteiger partial charge in [-0.2, -0.15) is 0 Å². The molecule has 0 saturated carbocycles. The number of rotatable bonds is 5. The van der Waals surface area contributed by atoms with E-state index in [9.17, 15) is 4.79 Å². The van der Waals surface area contributed by atoms with E-state index in [4.69, 9.17) is 0 Å². The molecule has 1 heterocycles. The van der Waals surface area contributed by atoms with Crippen molar-refractivity contribution < 1.29 is 4.79 Å². The first-order chi connectivity index (χ1) is 9.52. The van der Waals surface area contributed by atoms with Gasteiger partial charge >= 0.3 is 0 Å². The highest BCUT2D eigenvalue weighted by molar-refractivity contribution is 9.09. The summed E-state index contributed by atoms with van der Waals surface area (Å²) in [5.41, 5.74) is 3.82. The maximum Gasteiger partial charge on any atom is 0.226 e. The second kappa shape index (κ2) is 6.75. The zero-order valence-electron chi connectivity index (χ0n) is 12.7. The summed E-state index contributed by atoms with van der Waals surface area (Å²) in [6.45, 7) is 7.37. The number of halogens is 1. The van der Waals surface area contributed by atoms with Gasteiger partial charge in [-0.15, -0.1) is 0 Å². The third-order valence-corrected chi connectivity index (χ3v) is 5.34. The molecule has 0 radical (unpaired) electrons. The van der Waals surface area contributed by atoms with Crippen molar-refractivity contribution >= 4 is 27.5 Å². The molecule has 2 nitrogen and oxygen atoms in total. The van der Waals surface area contributed by atoms with Gasteiger partial charge in [0.2, 0.25) is 5.91 Å². The minimum Gasteiger partial charge on any atom is -0.312 e. The summed E-state index contributed by atoms with van der Waals surface area (Å²) in [6.07, 6.45) is 3.61. The highest BCUT2D eigenvalue weighted by atomic mass is 79.9. The lowest BCUT2D eigenvalue weighted by Crippen LogP contribution is -2.28. The number of hydrogen-bond acceptors (Lipinski definition) is 1. The van der Waals surface area contributed by atoms with E-state index in [1.165, 1.54) is 11.1 Å². The first-order valence-electron chi connectivity index (χ1n) is 7.59. The van der Waals surface area contributed by atoms with Crippen LogP contribution < -0.4 is 4.90 Å². The number of nitrogens with zero attached hydrogens (tertiary/aromatic N) is 1. The Hall–Kier alpha value is -0.830. The van der Waals surface area contributed by atoms with Crippen LogP contribution in [0.5, 0.6) is 0 Å². The molecule has 1 amide bonds. The van der Waals surface area contributed by atoms with Gasteiger partial charge in [-0.25, -0.2) is 0 Å². The van der Waals surface area contributed by atoms with Crippen molar-refractivity contribution in [2.24, 2.45) is 5.92 Å². The Balaban J connectivity index is 2.12. The van der Waals surface area contributed by atoms with E-state index in [1.54, 1.807) is 0 Å². The SMILES string of the molecule is CCCC(=O)N1CCc2cc(CC(Br)C(C)C)ccc21. The molecule has 1 atom stereocenters. The second-order valence-corrected chi connectivity index (χ2v) is 7.15. The maximum atomic E-state index is 12.1. The summed E-state index contributed by atoms with van der Waals surface area (Å²) in [5.74, 6) is 0.894. The molecule has 1 unspecified atom stereocenters. The molecule has 0 aromatic heterocycles. The average Bonchev–Trinajstić information content (AvgIpc) is 2.81. The lowest BCUT2D eigenvalue weighted by atomic mass is 10.00. The van der Waals surface area contributed by atoms with Crippen molar-refractivity contribution in [2.75, 3.05) is 11.4 Å². The summed E-state index contributed by atoms with van der Waals surface area (Å²) in [7, 11) is 0. The third-order valence-electron chi connectivity index (χ3n) is 3.96. The van der Waals surface area contributed by atoms with E-state index in [0.29, 0.717) is 17.2 Å². The standard InChI is InChI=1S/C17H24BrNO/c1-4-5-17(20)19-9-8-14-10-13(6-7-16(14)19)11-15(18)12(2)3/h6-7,10,12,15H,4-5,8-9,11H2,1-3H3. The van der Waals surface area contributed by atoms with Crippen molar-refractivity contribution in [3.05, 3.63) is 29.3 Å². The van der Waals surface area contributed by atoms with Crippen LogP contribution in [0.3, 0.4) is 0 Å². The maximum absolute atomic E-state index is 12.1. The van der Waals surface area contributed by atoms with Gasteiger partial charge in [0.1, 0.15) is 0 Å². The fourth-order valence-corrected chi connectivity index (χ4v) is 3.02. The molecule has 2 rings (SSSR count). The number of carbonyl (C=O) groups is 1. The molecule has 110 valence electrons. The van der Waals surface area contributed by atoms with Gasteiger partial charge in [-0.05, 0) is 42.4 Å². The molecule has 0 saturated heterocycles. The van der Waals surface area contributed by atoms with Gasteiger partial charge in [0.15, 0.2) is 0 Å². The van der Waals surface area contributed by atoms with Gasteiger partial charge < -0.3 is 4.90 Å². The van der Waals surface area contributed by atoms with E-state index >= 15 is 0 Å². The topological polar surface area (TPSA) is 20.3 Å². The van der Waals surface area contributed by atoms with Crippen LogP contribution in [0.4, 0.5) is 5.69 Å². The third kappa shape index (κ3) is 3.43. The first-order valence-corrected chi connectivity index (χ1v) is 8.50. The molecule has 1 aromatic carbocycles. The van der Waals surface area contributed by atoms with Crippen LogP contribution in [-0.4, -0.2) is 17.3 Å². The van der Waals surface area contributed by atoms with E-state index in [1.807, 2.05) is 4.90 Å². The lowest BCUT2D eigenvalue weighted by molar-refractivity contribution is -0.118. The fourth-order valence-electron chi connectivity index (χ4n) is 2.65. The van der Waals surface area contributed by atoms with Crippen LogP contribution in [0.2, 0.25) is 0 Å².